The van der Waals surface area contributed by atoms with Crippen LogP contribution in [0.25, 0.3) is 0 Å². The van der Waals surface area contributed by atoms with E-state index in [1.165, 1.54) is 0 Å². The molecule has 1 fully saturated rings. The molecule has 0 aliphatic carbocycles. The highest BCUT2D eigenvalue weighted by Crippen LogP contribution is 2.19. The minimum atomic E-state index is -0.577. The second-order valence-corrected chi connectivity index (χ2v) is 7.04. The fraction of sp³-hybridized carbons (Fsp3) is 0.550. The minimum Gasteiger partial charge on any atom is -0.394 e. The molecule has 0 spiro atoms. The molecule has 3 heterocycles. The number of amides is 2. The highest BCUT2D eigenvalue weighted by Gasteiger charge is 2.31. The van der Waals surface area contributed by atoms with Crippen LogP contribution < -0.4 is 10.6 Å². The standard InChI is InChI=1S/C20H27N3O5/c24-13-18-17(23-20(26)15-5-9-27-10-6-15)2-1-16(28-18)11-19(25)22-12-14-3-7-21-8-4-14/h1-4,7-8,15-18,24H,5-6,9-13H2,(H,22,25)(H,23,26)/t16-,17+,18+/m1/s1. The molecule has 2 amide bonds. The minimum absolute atomic E-state index is 0.0476. The molecule has 0 unspecified atom stereocenters. The number of rotatable bonds is 7. The summed E-state index contributed by atoms with van der Waals surface area (Å²) in [4.78, 5) is 28.5. The summed E-state index contributed by atoms with van der Waals surface area (Å²) in [6.07, 6.45) is 7.47. The van der Waals surface area contributed by atoms with Crippen LogP contribution in [0.5, 0.6) is 0 Å². The van der Waals surface area contributed by atoms with Crippen LogP contribution in [0.2, 0.25) is 0 Å². The second kappa shape index (κ2) is 10.3. The molecule has 1 saturated heterocycles. The van der Waals surface area contributed by atoms with Gasteiger partial charge in [0.25, 0.3) is 0 Å². The van der Waals surface area contributed by atoms with Crippen molar-refractivity contribution in [1.29, 1.82) is 0 Å². The van der Waals surface area contributed by atoms with Crippen molar-refractivity contribution in [1.82, 2.24) is 15.6 Å². The molecule has 3 N–H and O–H groups in total. The zero-order valence-electron chi connectivity index (χ0n) is 15.8. The van der Waals surface area contributed by atoms with Gasteiger partial charge in [-0.25, -0.2) is 0 Å². The van der Waals surface area contributed by atoms with Crippen molar-refractivity contribution in [2.45, 2.75) is 44.1 Å². The van der Waals surface area contributed by atoms with Gasteiger partial charge in [0.15, 0.2) is 0 Å². The van der Waals surface area contributed by atoms with Gasteiger partial charge in [0.2, 0.25) is 11.8 Å². The van der Waals surface area contributed by atoms with Gasteiger partial charge in [-0.05, 0) is 30.5 Å². The first-order valence-electron chi connectivity index (χ1n) is 9.64. The zero-order chi connectivity index (χ0) is 19.8. The normalized spacial score (nSPS) is 25.2. The predicted octanol–water partition coefficient (Wildman–Crippen LogP) is 0.315. The Kier molecular flexibility index (Phi) is 7.53. The number of hydrogen-bond donors (Lipinski definition) is 3. The molecule has 0 saturated carbocycles. The third-order valence-corrected chi connectivity index (χ3v) is 4.99. The summed E-state index contributed by atoms with van der Waals surface area (Å²) in [5.41, 5.74) is 0.965. The molecule has 0 radical (unpaired) electrons. The SMILES string of the molecule is O=C(C[C@H]1C=C[C@H](NC(=O)C2CCOCC2)[C@H](CO)O1)NCc1ccncc1. The van der Waals surface area contributed by atoms with Gasteiger partial charge in [0.05, 0.1) is 25.2 Å². The Balaban J connectivity index is 1.48. The number of nitrogens with zero attached hydrogens (tertiary/aromatic N) is 1. The smallest absolute Gasteiger partial charge is 0.223 e. The van der Waals surface area contributed by atoms with Gasteiger partial charge in [-0.3, -0.25) is 14.6 Å². The summed E-state index contributed by atoms with van der Waals surface area (Å²) < 4.78 is 11.1. The maximum atomic E-state index is 12.4. The van der Waals surface area contributed by atoms with Gasteiger partial charge in [0.1, 0.15) is 6.10 Å². The highest BCUT2D eigenvalue weighted by molar-refractivity contribution is 5.79. The maximum absolute atomic E-state index is 12.4. The lowest BCUT2D eigenvalue weighted by Crippen LogP contribution is -2.50. The fourth-order valence-corrected chi connectivity index (χ4v) is 3.33. The first kappa shape index (κ1) is 20.4. The molecule has 1 aromatic rings. The van der Waals surface area contributed by atoms with E-state index in [1.54, 1.807) is 18.5 Å². The largest absolute Gasteiger partial charge is 0.394 e. The molecule has 2 aliphatic rings. The zero-order valence-corrected chi connectivity index (χ0v) is 15.8. The third-order valence-electron chi connectivity index (χ3n) is 4.99. The van der Waals surface area contributed by atoms with E-state index in [0.717, 1.165) is 5.56 Å². The van der Waals surface area contributed by atoms with E-state index in [4.69, 9.17) is 9.47 Å². The fourth-order valence-electron chi connectivity index (χ4n) is 3.33. The Morgan fingerprint density at radius 1 is 1.18 bits per heavy atom. The van der Waals surface area contributed by atoms with Crippen LogP contribution in [0.15, 0.2) is 36.7 Å². The summed E-state index contributed by atoms with van der Waals surface area (Å²) in [6, 6.07) is 3.27. The Morgan fingerprint density at radius 3 is 2.64 bits per heavy atom. The lowest BCUT2D eigenvalue weighted by Gasteiger charge is -2.33. The van der Waals surface area contributed by atoms with Gasteiger partial charge < -0.3 is 25.2 Å². The molecule has 28 heavy (non-hydrogen) atoms. The van der Waals surface area contributed by atoms with Crippen LogP contribution >= 0.6 is 0 Å². The Morgan fingerprint density at radius 2 is 1.93 bits per heavy atom. The first-order valence-corrected chi connectivity index (χ1v) is 9.64. The highest BCUT2D eigenvalue weighted by atomic mass is 16.5. The summed E-state index contributed by atoms with van der Waals surface area (Å²) >= 11 is 0. The van der Waals surface area contributed by atoms with Crippen LogP contribution in [0.3, 0.4) is 0 Å². The van der Waals surface area contributed by atoms with E-state index >= 15 is 0 Å². The van der Waals surface area contributed by atoms with Crippen molar-refractivity contribution >= 4 is 11.8 Å². The number of nitrogens with one attached hydrogen (secondary N) is 2. The summed E-state index contributed by atoms with van der Waals surface area (Å²) in [5.74, 6) is -0.264. The Labute approximate surface area is 164 Å². The van der Waals surface area contributed by atoms with E-state index in [-0.39, 0.29) is 30.8 Å². The molecule has 8 nitrogen and oxygen atoms in total. The van der Waals surface area contributed by atoms with E-state index in [9.17, 15) is 14.7 Å². The molecule has 0 bridgehead atoms. The van der Waals surface area contributed by atoms with Crippen molar-refractivity contribution in [3.8, 4) is 0 Å². The van der Waals surface area contributed by atoms with Crippen molar-refractivity contribution in [3.63, 3.8) is 0 Å². The van der Waals surface area contributed by atoms with Crippen molar-refractivity contribution in [2.75, 3.05) is 19.8 Å². The number of hydrogen-bond acceptors (Lipinski definition) is 6. The van der Waals surface area contributed by atoms with Crippen LogP contribution in [-0.4, -0.2) is 60.0 Å². The molecule has 3 atom stereocenters. The molecule has 152 valence electrons. The average molecular weight is 389 g/mol. The maximum Gasteiger partial charge on any atom is 0.223 e. The van der Waals surface area contributed by atoms with Gasteiger partial charge in [-0.15, -0.1) is 0 Å². The molecule has 0 aromatic carbocycles. The number of ether oxygens (including phenoxy) is 2. The van der Waals surface area contributed by atoms with Gasteiger partial charge in [0, 0.05) is 38.1 Å². The Hall–Kier alpha value is -2.29. The molecule has 1 aromatic heterocycles. The number of pyridine rings is 1. The second-order valence-electron chi connectivity index (χ2n) is 7.04. The summed E-state index contributed by atoms with van der Waals surface area (Å²) in [7, 11) is 0. The van der Waals surface area contributed by atoms with Crippen LogP contribution in [0.4, 0.5) is 0 Å². The van der Waals surface area contributed by atoms with Gasteiger partial charge in [-0.1, -0.05) is 12.2 Å². The Bertz CT molecular complexity index is 676. The van der Waals surface area contributed by atoms with Gasteiger partial charge >= 0.3 is 0 Å². The van der Waals surface area contributed by atoms with E-state index in [2.05, 4.69) is 15.6 Å². The average Bonchev–Trinajstić information content (AvgIpc) is 2.74. The van der Waals surface area contributed by atoms with Gasteiger partial charge in [-0.2, -0.15) is 0 Å². The number of aromatic nitrogens is 1. The summed E-state index contributed by atoms with van der Waals surface area (Å²) in [6.45, 7) is 1.37. The predicted molar refractivity (Wildman–Crippen MR) is 101 cm³/mol. The van der Waals surface area contributed by atoms with E-state index < -0.39 is 18.2 Å². The number of carbonyl (C=O) groups is 2. The topological polar surface area (TPSA) is 110 Å². The van der Waals surface area contributed by atoms with Crippen LogP contribution in [0.1, 0.15) is 24.8 Å². The monoisotopic (exact) mass is 389 g/mol. The van der Waals surface area contributed by atoms with E-state index in [0.29, 0.717) is 32.6 Å². The quantitative estimate of drug-likeness (QED) is 0.579. The molecule has 2 aliphatic heterocycles. The first-order chi connectivity index (χ1) is 13.7. The number of aliphatic hydroxyl groups excluding tert-OH is 1. The molecular formula is C20H27N3O5. The van der Waals surface area contributed by atoms with Crippen molar-refractivity contribution in [3.05, 3.63) is 42.2 Å². The van der Waals surface area contributed by atoms with Crippen LogP contribution in [-0.2, 0) is 25.6 Å². The lowest BCUT2D eigenvalue weighted by molar-refractivity contribution is -0.132. The third kappa shape index (κ3) is 5.85. The molecule has 8 heteroatoms. The van der Waals surface area contributed by atoms with Crippen molar-refractivity contribution in [2.24, 2.45) is 5.92 Å². The number of aliphatic hydroxyl groups is 1. The van der Waals surface area contributed by atoms with E-state index in [1.807, 2.05) is 18.2 Å². The lowest BCUT2D eigenvalue weighted by atomic mass is 9.97. The molecule has 3 rings (SSSR count). The van der Waals surface area contributed by atoms with Crippen molar-refractivity contribution < 1.29 is 24.2 Å². The van der Waals surface area contributed by atoms with Crippen LogP contribution in [0, 0.1) is 5.92 Å². The summed E-state index contributed by atoms with van der Waals surface area (Å²) in [5, 5.41) is 15.4. The number of carbonyl (C=O) groups excluding carboxylic acids is 2. The molecular weight excluding hydrogens is 362 g/mol.